The normalized spacial score (nSPS) is 13.2. The van der Waals surface area contributed by atoms with Crippen LogP contribution in [0.5, 0.6) is 0 Å². The Morgan fingerprint density at radius 2 is 1.95 bits per heavy atom. The zero-order valence-electron chi connectivity index (χ0n) is 13.1. The highest BCUT2D eigenvalue weighted by Gasteiger charge is 2.24. The monoisotopic (exact) mass is 303 g/mol. The lowest BCUT2D eigenvalue weighted by molar-refractivity contribution is -0.122. The summed E-state index contributed by atoms with van der Waals surface area (Å²) in [6, 6.07) is 0.0452. The topological polar surface area (TPSA) is 48.3 Å². The first-order chi connectivity index (χ1) is 9.58. The Balaban J connectivity index is 2.93. The van der Waals surface area contributed by atoms with Crippen molar-refractivity contribution in [1.29, 1.82) is 0 Å². The molecule has 1 heterocycles. The first-order valence-electron chi connectivity index (χ1n) is 7.09. The van der Waals surface area contributed by atoms with E-state index >= 15 is 0 Å². The predicted molar refractivity (Wildman–Crippen MR) is 81.2 cm³/mol. The number of hydrogen-bond donors (Lipinski definition) is 1. The van der Waals surface area contributed by atoms with Crippen LogP contribution in [0.15, 0.2) is 0 Å². The van der Waals surface area contributed by atoms with Gasteiger partial charge < -0.3 is 14.8 Å². The van der Waals surface area contributed by atoms with Gasteiger partial charge in [0.25, 0.3) is 0 Å². The minimum absolute atomic E-state index is 0.0452. The molecule has 1 N–H and O–H groups in total. The summed E-state index contributed by atoms with van der Waals surface area (Å²) in [6.45, 7) is 7.83. The van der Waals surface area contributed by atoms with Gasteiger partial charge >= 0.3 is 0 Å². The molecule has 0 saturated heterocycles. The molecule has 6 heteroatoms. The van der Waals surface area contributed by atoms with Gasteiger partial charge in [0.05, 0.1) is 22.5 Å². The largest absolute Gasteiger partial charge is 0.354 e. The number of hydrogen-bond acceptors (Lipinski definition) is 4. The summed E-state index contributed by atoms with van der Waals surface area (Å²) in [5, 5.41) is 8.64. The molecule has 0 aliphatic rings. The van der Waals surface area contributed by atoms with E-state index in [0.29, 0.717) is 0 Å². The van der Waals surface area contributed by atoms with Gasteiger partial charge in [-0.3, -0.25) is 4.68 Å². The summed E-state index contributed by atoms with van der Waals surface area (Å²) in [6.07, 6.45) is 1.47. The van der Waals surface area contributed by atoms with Crippen molar-refractivity contribution >= 4 is 11.6 Å². The fourth-order valence-electron chi connectivity index (χ4n) is 2.29. The van der Waals surface area contributed by atoms with Gasteiger partial charge in [0.2, 0.25) is 0 Å². The molecule has 0 aromatic carbocycles. The zero-order chi connectivity index (χ0) is 15.1. The summed E-state index contributed by atoms with van der Waals surface area (Å²) in [7, 11) is 3.30. The third-order valence-electron chi connectivity index (χ3n) is 3.32. The fourth-order valence-corrected chi connectivity index (χ4v) is 2.50. The van der Waals surface area contributed by atoms with Crippen molar-refractivity contribution in [3.8, 4) is 0 Å². The maximum absolute atomic E-state index is 6.37. The summed E-state index contributed by atoms with van der Waals surface area (Å²) >= 11 is 6.37. The number of nitrogens with one attached hydrogen (secondary N) is 1. The molecule has 0 aliphatic heterocycles. The second-order valence-corrected chi connectivity index (χ2v) is 5.14. The molecule has 1 aromatic heterocycles. The molecule has 0 bridgehead atoms. The molecule has 116 valence electrons. The lowest BCUT2D eigenvalue weighted by Crippen LogP contribution is -2.44. The van der Waals surface area contributed by atoms with Gasteiger partial charge in [-0.15, -0.1) is 0 Å². The van der Waals surface area contributed by atoms with Crippen LogP contribution in [0.2, 0.25) is 5.02 Å². The first-order valence-corrected chi connectivity index (χ1v) is 7.47. The van der Waals surface area contributed by atoms with Crippen LogP contribution in [-0.4, -0.2) is 42.9 Å². The van der Waals surface area contributed by atoms with E-state index < -0.39 is 0 Å². The molecule has 1 unspecified atom stereocenters. The smallest absolute Gasteiger partial charge is 0.172 e. The Morgan fingerprint density at radius 1 is 1.30 bits per heavy atom. The van der Waals surface area contributed by atoms with Crippen LogP contribution in [0.25, 0.3) is 0 Å². The number of aromatic nitrogens is 2. The molecule has 1 aromatic rings. The van der Waals surface area contributed by atoms with E-state index in [2.05, 4.69) is 24.3 Å². The SMILES string of the molecule is CCCNC(Cc1c(Cl)c(C)nn1CC)C(OC)OC. The number of aryl methyl sites for hydroxylation is 2. The molecule has 0 fully saturated rings. The van der Waals surface area contributed by atoms with E-state index in [-0.39, 0.29) is 12.3 Å². The van der Waals surface area contributed by atoms with Crippen LogP contribution >= 0.6 is 11.6 Å². The number of nitrogens with zero attached hydrogens (tertiary/aromatic N) is 2. The lowest BCUT2D eigenvalue weighted by Gasteiger charge is -2.26. The van der Waals surface area contributed by atoms with Gasteiger partial charge in [-0.1, -0.05) is 18.5 Å². The van der Waals surface area contributed by atoms with Gasteiger partial charge in [0, 0.05) is 27.2 Å². The van der Waals surface area contributed by atoms with Crippen molar-refractivity contribution in [3.63, 3.8) is 0 Å². The molecular formula is C14H26ClN3O2. The molecule has 0 spiro atoms. The average molecular weight is 304 g/mol. The van der Waals surface area contributed by atoms with Crippen molar-refractivity contribution in [2.24, 2.45) is 0 Å². The summed E-state index contributed by atoms with van der Waals surface area (Å²) in [5.74, 6) is 0. The maximum atomic E-state index is 6.37. The number of ether oxygens (including phenoxy) is 2. The third-order valence-corrected chi connectivity index (χ3v) is 3.81. The maximum Gasteiger partial charge on any atom is 0.172 e. The molecular weight excluding hydrogens is 278 g/mol. The molecule has 0 amide bonds. The quantitative estimate of drug-likeness (QED) is 0.712. The third kappa shape index (κ3) is 4.19. The molecule has 1 atom stereocenters. The van der Waals surface area contributed by atoms with Gasteiger partial charge in [-0.05, 0) is 26.8 Å². The van der Waals surface area contributed by atoms with Crippen molar-refractivity contribution in [3.05, 3.63) is 16.4 Å². The van der Waals surface area contributed by atoms with Crippen LogP contribution in [0.3, 0.4) is 0 Å². The van der Waals surface area contributed by atoms with Gasteiger partial charge in [-0.2, -0.15) is 5.10 Å². The molecule has 0 radical (unpaired) electrons. The molecule has 1 rings (SSSR count). The molecule has 20 heavy (non-hydrogen) atoms. The average Bonchev–Trinajstić information content (AvgIpc) is 2.73. The Morgan fingerprint density at radius 3 is 2.45 bits per heavy atom. The number of rotatable bonds is 9. The van der Waals surface area contributed by atoms with E-state index in [0.717, 1.165) is 42.3 Å². The lowest BCUT2D eigenvalue weighted by atomic mass is 10.1. The van der Waals surface area contributed by atoms with Crippen molar-refractivity contribution in [2.75, 3.05) is 20.8 Å². The molecule has 5 nitrogen and oxygen atoms in total. The van der Waals surface area contributed by atoms with E-state index in [9.17, 15) is 0 Å². The Kier molecular flexibility index (Phi) is 7.51. The summed E-state index contributed by atoms with van der Waals surface area (Å²) in [4.78, 5) is 0. The standard InChI is InChI=1S/C14H26ClN3O2/c1-6-8-16-11(14(19-4)20-5)9-12-13(15)10(3)17-18(12)7-2/h11,14,16H,6-9H2,1-5H3. The van der Waals surface area contributed by atoms with Crippen LogP contribution in [0.1, 0.15) is 31.7 Å². The van der Waals surface area contributed by atoms with Gasteiger partial charge in [-0.25, -0.2) is 0 Å². The van der Waals surface area contributed by atoms with Crippen LogP contribution in [0.4, 0.5) is 0 Å². The second-order valence-electron chi connectivity index (χ2n) is 4.77. The van der Waals surface area contributed by atoms with E-state index in [1.807, 2.05) is 11.6 Å². The highest BCUT2D eigenvalue weighted by atomic mass is 35.5. The zero-order valence-corrected chi connectivity index (χ0v) is 13.8. The highest BCUT2D eigenvalue weighted by Crippen LogP contribution is 2.22. The number of halogens is 1. The fraction of sp³-hybridized carbons (Fsp3) is 0.786. The summed E-state index contributed by atoms with van der Waals surface area (Å²) < 4.78 is 12.7. The first kappa shape index (κ1) is 17.4. The molecule has 0 aliphatic carbocycles. The Labute approximate surface area is 126 Å². The molecule has 0 saturated carbocycles. The van der Waals surface area contributed by atoms with Crippen molar-refractivity contribution < 1.29 is 9.47 Å². The summed E-state index contributed by atoms with van der Waals surface area (Å²) in [5.41, 5.74) is 1.89. The van der Waals surface area contributed by atoms with E-state index in [1.165, 1.54) is 0 Å². The van der Waals surface area contributed by atoms with Crippen LogP contribution in [-0.2, 0) is 22.4 Å². The predicted octanol–water partition coefficient (Wildman–Crippen LogP) is 2.39. The number of methoxy groups -OCH3 is 2. The van der Waals surface area contributed by atoms with Gasteiger partial charge in [0.1, 0.15) is 0 Å². The highest BCUT2D eigenvalue weighted by molar-refractivity contribution is 6.31. The van der Waals surface area contributed by atoms with Gasteiger partial charge in [0.15, 0.2) is 6.29 Å². The Bertz CT molecular complexity index is 405. The van der Waals surface area contributed by atoms with Crippen LogP contribution in [0, 0.1) is 6.92 Å². The minimum Gasteiger partial charge on any atom is -0.354 e. The van der Waals surface area contributed by atoms with E-state index in [4.69, 9.17) is 21.1 Å². The van der Waals surface area contributed by atoms with E-state index in [1.54, 1.807) is 14.2 Å². The Hall–Kier alpha value is -0.620. The minimum atomic E-state index is -0.307. The second kappa shape index (κ2) is 8.62. The van der Waals surface area contributed by atoms with Crippen molar-refractivity contribution in [1.82, 2.24) is 15.1 Å². The van der Waals surface area contributed by atoms with Crippen LogP contribution < -0.4 is 5.32 Å². The van der Waals surface area contributed by atoms with Crippen molar-refractivity contribution in [2.45, 2.75) is 52.5 Å².